The fourth-order valence-electron chi connectivity index (χ4n) is 1.12. The Morgan fingerprint density at radius 3 is 2.57 bits per heavy atom. The van der Waals surface area contributed by atoms with E-state index in [2.05, 4.69) is 5.32 Å². The summed E-state index contributed by atoms with van der Waals surface area (Å²) in [5.74, 6) is 0. The molecule has 0 radical (unpaired) electrons. The number of hydrogen-bond donors (Lipinski definition) is 2. The maximum Gasteiger partial charge on any atom is 0.321 e. The number of carbonyl (C=O) groups excluding carboxylic acids is 2. The van der Waals surface area contributed by atoms with Gasteiger partial charge < -0.3 is 5.32 Å². The second-order valence-corrected chi connectivity index (χ2v) is 2.87. The Bertz CT molecular complexity index is 311. The van der Waals surface area contributed by atoms with Crippen molar-refractivity contribution in [3.63, 3.8) is 0 Å². The second-order valence-electron chi connectivity index (χ2n) is 2.87. The lowest BCUT2D eigenvalue weighted by atomic mass is 10.1. The van der Waals surface area contributed by atoms with Crippen molar-refractivity contribution in [2.24, 2.45) is 0 Å². The van der Waals surface area contributed by atoms with E-state index in [9.17, 15) is 9.59 Å². The summed E-state index contributed by atoms with van der Waals surface area (Å²) < 4.78 is 0. The van der Waals surface area contributed by atoms with E-state index in [1.807, 2.05) is 42.6 Å². The molecule has 4 heteroatoms. The van der Waals surface area contributed by atoms with Gasteiger partial charge in [-0.2, -0.15) is 0 Å². The maximum absolute atomic E-state index is 11.0. The fraction of sp³-hybridized carbons (Fsp3) is 0.200. The van der Waals surface area contributed by atoms with Crippen molar-refractivity contribution < 1.29 is 9.59 Å². The Kier molecular flexibility index (Phi) is 3.67. The van der Waals surface area contributed by atoms with Gasteiger partial charge in [-0.15, -0.1) is 0 Å². The summed E-state index contributed by atoms with van der Waals surface area (Å²) in [6.07, 6.45) is 0.354. The van der Waals surface area contributed by atoms with Gasteiger partial charge in [0.1, 0.15) is 0 Å². The van der Waals surface area contributed by atoms with E-state index in [1.54, 1.807) is 0 Å². The summed E-state index contributed by atoms with van der Waals surface area (Å²) in [7, 11) is 0. The Balaban J connectivity index is 2.54. The van der Waals surface area contributed by atoms with Crippen molar-refractivity contribution >= 4 is 12.4 Å². The lowest BCUT2D eigenvalue weighted by molar-refractivity contribution is -0.108. The third-order valence-corrected chi connectivity index (χ3v) is 1.84. The Morgan fingerprint density at radius 1 is 1.36 bits per heavy atom. The van der Waals surface area contributed by atoms with Gasteiger partial charge in [-0.05, 0) is 12.5 Å². The highest BCUT2D eigenvalue weighted by atomic mass is 16.2. The Labute approximate surface area is 82.3 Å². The molecule has 0 spiro atoms. The number of amides is 3. The number of rotatable bonds is 3. The fourth-order valence-corrected chi connectivity index (χ4v) is 1.12. The largest absolute Gasteiger partial charge is 0.331 e. The standard InChI is InChI=1S/C10H12N2O2/c1-8(12-10(14)11-7-13)9-5-3-2-4-6-9/h2-8H,1H3,(H2,11,12,13,14)/t8-/m0/s1. The Hall–Kier alpha value is -1.84. The van der Waals surface area contributed by atoms with Gasteiger partial charge in [0, 0.05) is 0 Å². The number of urea groups is 1. The zero-order chi connectivity index (χ0) is 10.4. The summed E-state index contributed by atoms with van der Waals surface area (Å²) in [4.78, 5) is 20.9. The predicted molar refractivity (Wildman–Crippen MR) is 52.6 cm³/mol. The van der Waals surface area contributed by atoms with Gasteiger partial charge in [-0.25, -0.2) is 4.79 Å². The minimum atomic E-state index is -0.489. The van der Waals surface area contributed by atoms with Crippen LogP contribution in [0.25, 0.3) is 0 Å². The van der Waals surface area contributed by atoms with Crippen LogP contribution in [-0.2, 0) is 4.79 Å². The Morgan fingerprint density at radius 2 is 2.00 bits per heavy atom. The second kappa shape index (κ2) is 5.01. The summed E-state index contributed by atoms with van der Waals surface area (Å²) in [6.45, 7) is 1.85. The van der Waals surface area contributed by atoms with Crippen molar-refractivity contribution in [1.82, 2.24) is 10.6 Å². The predicted octanol–water partition coefficient (Wildman–Crippen LogP) is 1.20. The van der Waals surface area contributed by atoms with Crippen LogP contribution in [0.3, 0.4) is 0 Å². The van der Waals surface area contributed by atoms with Crippen molar-refractivity contribution in [2.75, 3.05) is 0 Å². The average molecular weight is 192 g/mol. The van der Waals surface area contributed by atoms with Crippen molar-refractivity contribution in [1.29, 1.82) is 0 Å². The molecule has 0 aliphatic rings. The van der Waals surface area contributed by atoms with E-state index >= 15 is 0 Å². The maximum atomic E-state index is 11.0. The van der Waals surface area contributed by atoms with Crippen LogP contribution in [0.2, 0.25) is 0 Å². The first kappa shape index (κ1) is 10.2. The van der Waals surface area contributed by atoms with Gasteiger partial charge >= 0.3 is 6.03 Å². The molecule has 1 aromatic carbocycles. The molecule has 0 saturated heterocycles. The number of nitrogens with one attached hydrogen (secondary N) is 2. The van der Waals surface area contributed by atoms with Gasteiger partial charge in [0.25, 0.3) is 0 Å². The van der Waals surface area contributed by atoms with E-state index in [4.69, 9.17) is 0 Å². The third-order valence-electron chi connectivity index (χ3n) is 1.84. The van der Waals surface area contributed by atoms with Crippen LogP contribution in [0.4, 0.5) is 4.79 Å². The number of benzene rings is 1. The topological polar surface area (TPSA) is 58.2 Å². The molecule has 1 rings (SSSR count). The third kappa shape index (κ3) is 2.90. The van der Waals surface area contributed by atoms with Crippen molar-refractivity contribution in [3.05, 3.63) is 35.9 Å². The quantitative estimate of drug-likeness (QED) is 0.707. The van der Waals surface area contributed by atoms with E-state index in [0.717, 1.165) is 5.56 Å². The molecule has 0 aromatic heterocycles. The molecule has 0 unspecified atom stereocenters. The molecular formula is C10H12N2O2. The minimum absolute atomic E-state index is 0.115. The van der Waals surface area contributed by atoms with E-state index < -0.39 is 6.03 Å². The number of hydrogen-bond acceptors (Lipinski definition) is 2. The highest BCUT2D eigenvalue weighted by Crippen LogP contribution is 2.10. The molecule has 0 aliphatic heterocycles. The van der Waals surface area contributed by atoms with Crippen LogP contribution in [-0.4, -0.2) is 12.4 Å². The molecule has 0 bridgehead atoms. The molecule has 0 heterocycles. The number of imide groups is 1. The molecule has 14 heavy (non-hydrogen) atoms. The van der Waals surface area contributed by atoms with E-state index in [-0.39, 0.29) is 6.04 Å². The molecule has 74 valence electrons. The first-order valence-corrected chi connectivity index (χ1v) is 4.29. The van der Waals surface area contributed by atoms with Gasteiger partial charge in [-0.1, -0.05) is 30.3 Å². The summed E-state index contributed by atoms with van der Waals surface area (Å²) in [5, 5.41) is 4.63. The van der Waals surface area contributed by atoms with Crippen LogP contribution in [0.5, 0.6) is 0 Å². The summed E-state index contributed by atoms with van der Waals surface area (Å²) in [5.41, 5.74) is 0.994. The summed E-state index contributed by atoms with van der Waals surface area (Å²) in [6, 6.07) is 8.91. The average Bonchev–Trinajstić information content (AvgIpc) is 2.19. The lowest BCUT2D eigenvalue weighted by Crippen LogP contribution is -2.36. The zero-order valence-electron chi connectivity index (χ0n) is 7.86. The number of carbonyl (C=O) groups is 2. The van der Waals surface area contributed by atoms with Crippen LogP contribution < -0.4 is 10.6 Å². The van der Waals surface area contributed by atoms with Gasteiger partial charge in [0.15, 0.2) is 0 Å². The van der Waals surface area contributed by atoms with Crippen molar-refractivity contribution in [3.8, 4) is 0 Å². The SMILES string of the molecule is C[C@H](NC(=O)NC=O)c1ccccc1. The molecule has 0 saturated carbocycles. The summed E-state index contributed by atoms with van der Waals surface area (Å²) >= 11 is 0. The molecule has 1 aromatic rings. The van der Waals surface area contributed by atoms with Crippen LogP contribution in [0, 0.1) is 0 Å². The molecular weight excluding hydrogens is 180 g/mol. The highest BCUT2D eigenvalue weighted by Gasteiger charge is 2.07. The highest BCUT2D eigenvalue weighted by molar-refractivity contribution is 5.84. The normalized spacial score (nSPS) is 11.5. The molecule has 2 N–H and O–H groups in total. The molecule has 0 aliphatic carbocycles. The molecule has 1 atom stereocenters. The van der Waals surface area contributed by atoms with Gasteiger partial charge in [0.2, 0.25) is 6.41 Å². The van der Waals surface area contributed by atoms with Crippen LogP contribution >= 0.6 is 0 Å². The lowest BCUT2D eigenvalue weighted by Gasteiger charge is -2.12. The minimum Gasteiger partial charge on any atom is -0.331 e. The monoisotopic (exact) mass is 192 g/mol. The van der Waals surface area contributed by atoms with Gasteiger partial charge in [0.05, 0.1) is 6.04 Å². The molecule has 3 amide bonds. The van der Waals surface area contributed by atoms with E-state index in [1.165, 1.54) is 0 Å². The zero-order valence-corrected chi connectivity index (χ0v) is 7.86. The molecule has 0 fully saturated rings. The van der Waals surface area contributed by atoms with Crippen LogP contribution in [0.1, 0.15) is 18.5 Å². The van der Waals surface area contributed by atoms with Crippen LogP contribution in [0.15, 0.2) is 30.3 Å². The molecule has 4 nitrogen and oxygen atoms in total. The first-order valence-electron chi connectivity index (χ1n) is 4.29. The van der Waals surface area contributed by atoms with E-state index in [0.29, 0.717) is 6.41 Å². The van der Waals surface area contributed by atoms with Crippen molar-refractivity contribution in [2.45, 2.75) is 13.0 Å². The smallest absolute Gasteiger partial charge is 0.321 e. The first-order chi connectivity index (χ1) is 6.74. The van der Waals surface area contributed by atoms with Gasteiger partial charge in [-0.3, -0.25) is 10.1 Å².